The summed E-state index contributed by atoms with van der Waals surface area (Å²) in [5.41, 5.74) is 1.62. The van der Waals surface area contributed by atoms with Crippen LogP contribution in [0.4, 0.5) is 5.82 Å². The van der Waals surface area contributed by atoms with Gasteiger partial charge in [0.15, 0.2) is 0 Å². The van der Waals surface area contributed by atoms with E-state index in [1.807, 2.05) is 19.1 Å². The molecule has 0 spiro atoms. The molecule has 1 fully saturated rings. The predicted octanol–water partition coefficient (Wildman–Crippen LogP) is 0.477. The van der Waals surface area contributed by atoms with E-state index in [1.54, 1.807) is 4.90 Å². The Morgan fingerprint density at radius 3 is 2.61 bits per heavy atom. The molecule has 0 aromatic carbocycles. The first kappa shape index (κ1) is 12.3. The monoisotopic (exact) mass is 248 g/mol. The lowest BCUT2D eigenvalue weighted by atomic mass is 10.2. The van der Waals surface area contributed by atoms with Crippen LogP contribution < -0.4 is 4.90 Å². The van der Waals surface area contributed by atoms with Gasteiger partial charge in [-0.05, 0) is 19.1 Å². The van der Waals surface area contributed by atoms with E-state index >= 15 is 0 Å². The Bertz CT molecular complexity index is 453. The quantitative estimate of drug-likeness (QED) is 0.365. The van der Waals surface area contributed by atoms with Gasteiger partial charge in [-0.1, -0.05) is 5.16 Å². The van der Waals surface area contributed by atoms with E-state index in [0.717, 1.165) is 49.7 Å². The van der Waals surface area contributed by atoms with Crippen LogP contribution in [0.5, 0.6) is 0 Å². The first-order valence-electron chi connectivity index (χ1n) is 5.84. The minimum atomic E-state index is 0.726. The standard InChI is InChI=1S/C12H16N4O2/c1-10-11(8-13-18)2-3-12(14-10)16-6-4-15(9-17)5-7-16/h2-3,8-9,18H,4-7H2,1H3/b13-8+. The van der Waals surface area contributed by atoms with E-state index < -0.39 is 0 Å². The van der Waals surface area contributed by atoms with Gasteiger partial charge in [-0.15, -0.1) is 0 Å². The number of pyridine rings is 1. The number of carbonyl (C=O) groups is 1. The summed E-state index contributed by atoms with van der Waals surface area (Å²) in [7, 11) is 0. The van der Waals surface area contributed by atoms with Crippen LogP contribution in [-0.2, 0) is 4.79 Å². The summed E-state index contributed by atoms with van der Waals surface area (Å²) >= 11 is 0. The van der Waals surface area contributed by atoms with Gasteiger partial charge in [0.25, 0.3) is 0 Å². The Labute approximate surface area is 106 Å². The lowest BCUT2D eigenvalue weighted by Crippen LogP contribution is -2.46. The Kier molecular flexibility index (Phi) is 3.76. The molecule has 6 heteroatoms. The number of hydrogen-bond acceptors (Lipinski definition) is 5. The van der Waals surface area contributed by atoms with Gasteiger partial charge in [0.1, 0.15) is 5.82 Å². The number of rotatable bonds is 3. The summed E-state index contributed by atoms with van der Waals surface area (Å²) in [6.07, 6.45) is 2.26. The van der Waals surface area contributed by atoms with Crippen molar-refractivity contribution in [2.24, 2.45) is 5.16 Å². The lowest BCUT2D eigenvalue weighted by molar-refractivity contribution is -0.118. The van der Waals surface area contributed by atoms with Crippen LogP contribution in [0.25, 0.3) is 0 Å². The average Bonchev–Trinajstić information content (AvgIpc) is 2.41. The van der Waals surface area contributed by atoms with Gasteiger partial charge in [0, 0.05) is 37.4 Å². The topological polar surface area (TPSA) is 69.0 Å². The number of hydrogen-bond donors (Lipinski definition) is 1. The normalized spacial score (nSPS) is 16.3. The SMILES string of the molecule is Cc1nc(N2CCN(C=O)CC2)ccc1/C=N/O. The average molecular weight is 248 g/mol. The zero-order valence-electron chi connectivity index (χ0n) is 10.3. The third-order valence-corrected chi connectivity index (χ3v) is 3.10. The molecule has 0 atom stereocenters. The van der Waals surface area contributed by atoms with Crippen molar-refractivity contribution in [2.45, 2.75) is 6.92 Å². The largest absolute Gasteiger partial charge is 0.411 e. The summed E-state index contributed by atoms with van der Waals surface area (Å²) in [6, 6.07) is 3.78. The van der Waals surface area contributed by atoms with Crippen molar-refractivity contribution < 1.29 is 10.0 Å². The van der Waals surface area contributed by atoms with E-state index in [-0.39, 0.29) is 0 Å². The molecule has 2 heterocycles. The predicted molar refractivity (Wildman–Crippen MR) is 68.2 cm³/mol. The first-order chi connectivity index (χ1) is 8.74. The fourth-order valence-electron chi connectivity index (χ4n) is 1.99. The van der Waals surface area contributed by atoms with Gasteiger partial charge >= 0.3 is 0 Å². The third-order valence-electron chi connectivity index (χ3n) is 3.10. The zero-order valence-corrected chi connectivity index (χ0v) is 10.3. The summed E-state index contributed by atoms with van der Waals surface area (Å²) in [6.45, 7) is 4.91. The second-order valence-corrected chi connectivity index (χ2v) is 4.22. The highest BCUT2D eigenvalue weighted by Crippen LogP contribution is 2.15. The molecule has 1 N–H and O–H groups in total. The maximum atomic E-state index is 10.6. The van der Waals surface area contributed by atoms with E-state index in [2.05, 4.69) is 15.0 Å². The molecule has 1 aromatic heterocycles. The van der Waals surface area contributed by atoms with Crippen LogP contribution in [-0.4, -0.2) is 53.9 Å². The molecule has 0 saturated carbocycles. The fourth-order valence-corrected chi connectivity index (χ4v) is 1.99. The number of aryl methyl sites for hydroxylation is 1. The Morgan fingerprint density at radius 2 is 2.06 bits per heavy atom. The van der Waals surface area contributed by atoms with Crippen LogP contribution in [0.15, 0.2) is 17.3 Å². The van der Waals surface area contributed by atoms with Crippen LogP contribution in [0.1, 0.15) is 11.3 Å². The molecule has 2 rings (SSSR count). The van der Waals surface area contributed by atoms with Crippen LogP contribution in [0.2, 0.25) is 0 Å². The van der Waals surface area contributed by atoms with Crippen molar-refractivity contribution in [3.63, 3.8) is 0 Å². The molecule has 1 aliphatic rings. The molecule has 6 nitrogen and oxygen atoms in total. The van der Waals surface area contributed by atoms with Crippen molar-refractivity contribution in [1.29, 1.82) is 0 Å². The van der Waals surface area contributed by atoms with Gasteiger partial charge in [0.2, 0.25) is 6.41 Å². The Balaban J connectivity index is 2.10. The van der Waals surface area contributed by atoms with E-state index in [9.17, 15) is 4.79 Å². The highest BCUT2D eigenvalue weighted by Gasteiger charge is 2.16. The molecular weight excluding hydrogens is 232 g/mol. The molecule has 0 radical (unpaired) electrons. The lowest BCUT2D eigenvalue weighted by Gasteiger charge is -2.33. The van der Waals surface area contributed by atoms with Gasteiger partial charge < -0.3 is 15.0 Å². The van der Waals surface area contributed by atoms with Crippen LogP contribution in [0.3, 0.4) is 0 Å². The van der Waals surface area contributed by atoms with Gasteiger partial charge in [-0.3, -0.25) is 4.79 Å². The van der Waals surface area contributed by atoms with Crippen molar-refractivity contribution in [2.75, 3.05) is 31.1 Å². The summed E-state index contributed by atoms with van der Waals surface area (Å²) in [5.74, 6) is 0.896. The molecule has 1 aliphatic heterocycles. The molecular formula is C12H16N4O2. The molecule has 1 amide bonds. The van der Waals surface area contributed by atoms with Crippen molar-refractivity contribution >= 4 is 18.4 Å². The number of nitrogens with zero attached hydrogens (tertiary/aromatic N) is 4. The van der Waals surface area contributed by atoms with Crippen molar-refractivity contribution in [3.8, 4) is 0 Å². The molecule has 0 unspecified atom stereocenters. The highest BCUT2D eigenvalue weighted by molar-refractivity contribution is 5.80. The number of oxime groups is 1. The second kappa shape index (κ2) is 5.48. The Morgan fingerprint density at radius 1 is 1.33 bits per heavy atom. The maximum absolute atomic E-state index is 10.6. The highest BCUT2D eigenvalue weighted by atomic mass is 16.4. The summed E-state index contributed by atoms with van der Waals surface area (Å²) in [4.78, 5) is 19.0. The number of anilines is 1. The van der Waals surface area contributed by atoms with Crippen molar-refractivity contribution in [3.05, 3.63) is 23.4 Å². The molecule has 18 heavy (non-hydrogen) atoms. The van der Waals surface area contributed by atoms with Crippen LogP contribution >= 0.6 is 0 Å². The Hall–Kier alpha value is -2.11. The van der Waals surface area contributed by atoms with Crippen LogP contribution in [0, 0.1) is 6.92 Å². The molecule has 1 aromatic rings. The van der Waals surface area contributed by atoms with Gasteiger partial charge in [-0.25, -0.2) is 4.98 Å². The van der Waals surface area contributed by atoms with Crippen molar-refractivity contribution in [1.82, 2.24) is 9.88 Å². The number of aromatic nitrogens is 1. The second-order valence-electron chi connectivity index (χ2n) is 4.22. The number of amides is 1. The maximum Gasteiger partial charge on any atom is 0.209 e. The fraction of sp³-hybridized carbons (Fsp3) is 0.417. The number of carbonyl (C=O) groups excluding carboxylic acids is 1. The van der Waals surface area contributed by atoms with Gasteiger partial charge in [0.05, 0.1) is 6.21 Å². The minimum absolute atomic E-state index is 0.726. The minimum Gasteiger partial charge on any atom is -0.411 e. The third kappa shape index (κ3) is 2.58. The van der Waals surface area contributed by atoms with Gasteiger partial charge in [-0.2, -0.15) is 0 Å². The molecule has 1 saturated heterocycles. The summed E-state index contributed by atoms with van der Waals surface area (Å²) < 4.78 is 0. The molecule has 96 valence electrons. The van der Waals surface area contributed by atoms with E-state index in [4.69, 9.17) is 5.21 Å². The first-order valence-corrected chi connectivity index (χ1v) is 5.84. The summed E-state index contributed by atoms with van der Waals surface area (Å²) in [5, 5.41) is 11.5. The molecule has 0 aliphatic carbocycles. The van der Waals surface area contributed by atoms with E-state index in [0.29, 0.717) is 0 Å². The van der Waals surface area contributed by atoms with E-state index in [1.165, 1.54) is 6.21 Å². The zero-order chi connectivity index (χ0) is 13.0. The number of piperazine rings is 1. The molecule has 0 bridgehead atoms. The smallest absolute Gasteiger partial charge is 0.209 e.